The van der Waals surface area contributed by atoms with Crippen LogP contribution in [-0.2, 0) is 0 Å². The lowest BCUT2D eigenvalue weighted by molar-refractivity contribution is 0.432. The molecule has 1 aromatic rings. The summed E-state index contributed by atoms with van der Waals surface area (Å²) in [5, 5.41) is 3.62. The van der Waals surface area contributed by atoms with Gasteiger partial charge in [-0.3, -0.25) is 0 Å². The normalized spacial score (nSPS) is 19.4. The molecule has 2 rings (SSSR count). The van der Waals surface area contributed by atoms with Gasteiger partial charge < -0.3 is 5.32 Å². The summed E-state index contributed by atoms with van der Waals surface area (Å²) in [4.78, 5) is 0. The topological polar surface area (TPSA) is 12.0 Å². The number of nitrogens with one attached hydrogen (secondary N) is 1. The monoisotopic (exact) mass is 281 g/mol. The van der Waals surface area contributed by atoms with Crippen LogP contribution in [0.25, 0.3) is 0 Å². The largest absolute Gasteiger partial charge is 0.310 e. The lowest BCUT2D eigenvalue weighted by Crippen LogP contribution is -2.25. The number of rotatable bonds is 5. The summed E-state index contributed by atoms with van der Waals surface area (Å²) in [7, 11) is 0. The van der Waals surface area contributed by atoms with Gasteiger partial charge in [-0.25, -0.2) is 0 Å². The van der Waals surface area contributed by atoms with Crippen LogP contribution in [0.1, 0.15) is 38.3 Å². The van der Waals surface area contributed by atoms with E-state index >= 15 is 0 Å². The van der Waals surface area contributed by atoms with Gasteiger partial charge in [-0.1, -0.05) is 35.0 Å². The molecule has 2 heteroatoms. The molecule has 0 aromatic heterocycles. The third kappa shape index (κ3) is 3.33. The molecule has 0 amide bonds. The van der Waals surface area contributed by atoms with Crippen molar-refractivity contribution < 1.29 is 0 Å². The minimum absolute atomic E-state index is 0.453. The molecule has 2 unspecified atom stereocenters. The van der Waals surface area contributed by atoms with Crippen molar-refractivity contribution in [3.8, 4) is 0 Å². The van der Waals surface area contributed by atoms with Crippen LogP contribution >= 0.6 is 15.9 Å². The zero-order valence-electron chi connectivity index (χ0n) is 10.0. The predicted molar refractivity (Wildman–Crippen MR) is 72.4 cm³/mol. The molecule has 16 heavy (non-hydrogen) atoms. The van der Waals surface area contributed by atoms with E-state index in [9.17, 15) is 0 Å². The molecule has 1 nitrogen and oxygen atoms in total. The number of benzene rings is 1. The molecule has 88 valence electrons. The molecule has 1 fully saturated rings. The van der Waals surface area contributed by atoms with Crippen LogP contribution in [-0.4, -0.2) is 6.54 Å². The summed E-state index contributed by atoms with van der Waals surface area (Å²) in [5.74, 6) is 1.82. The Labute approximate surface area is 107 Å². The van der Waals surface area contributed by atoms with Crippen LogP contribution in [0.2, 0.25) is 0 Å². The third-order valence-corrected chi connectivity index (χ3v) is 4.07. The average molecular weight is 282 g/mol. The molecule has 0 spiro atoms. The number of hydrogen-bond acceptors (Lipinski definition) is 1. The van der Waals surface area contributed by atoms with E-state index in [2.05, 4.69) is 59.4 Å². The van der Waals surface area contributed by atoms with Gasteiger partial charge in [0, 0.05) is 10.5 Å². The minimum Gasteiger partial charge on any atom is -0.310 e. The Kier molecular flexibility index (Phi) is 4.04. The zero-order valence-corrected chi connectivity index (χ0v) is 11.6. The first kappa shape index (κ1) is 12.1. The average Bonchev–Trinajstić information content (AvgIpc) is 3.10. The van der Waals surface area contributed by atoms with Crippen molar-refractivity contribution in [2.45, 2.75) is 32.7 Å². The minimum atomic E-state index is 0.453. The first-order valence-corrected chi connectivity index (χ1v) is 6.95. The van der Waals surface area contributed by atoms with Gasteiger partial charge in [0.2, 0.25) is 0 Å². The molecule has 1 aliphatic rings. The fraction of sp³-hybridized carbons (Fsp3) is 0.571. The lowest BCUT2D eigenvalue weighted by atomic mass is 10.0. The maximum atomic E-state index is 3.62. The highest BCUT2D eigenvalue weighted by molar-refractivity contribution is 9.10. The molecule has 0 heterocycles. The Bertz CT molecular complexity index is 329. The first-order valence-electron chi connectivity index (χ1n) is 6.15. The molecule has 0 radical (unpaired) electrons. The van der Waals surface area contributed by atoms with E-state index in [-0.39, 0.29) is 0 Å². The van der Waals surface area contributed by atoms with Crippen molar-refractivity contribution in [3.63, 3.8) is 0 Å². The maximum Gasteiger partial charge on any atom is 0.0291 e. The predicted octanol–water partition coefficient (Wildman–Crippen LogP) is 4.15. The molecule has 0 bridgehead atoms. The summed E-state index contributed by atoms with van der Waals surface area (Å²) < 4.78 is 1.15. The molecule has 1 N–H and O–H groups in total. The highest BCUT2D eigenvalue weighted by atomic mass is 79.9. The van der Waals surface area contributed by atoms with Crippen LogP contribution < -0.4 is 5.32 Å². The van der Waals surface area contributed by atoms with Crippen LogP contribution in [0.3, 0.4) is 0 Å². The highest BCUT2D eigenvalue weighted by Gasteiger charge is 2.27. The van der Waals surface area contributed by atoms with Gasteiger partial charge in [0.1, 0.15) is 0 Å². The molecule has 1 aliphatic carbocycles. The summed E-state index contributed by atoms with van der Waals surface area (Å²) in [5.41, 5.74) is 1.37. The summed E-state index contributed by atoms with van der Waals surface area (Å²) >= 11 is 3.46. The number of halogens is 1. The van der Waals surface area contributed by atoms with Crippen LogP contribution in [0.5, 0.6) is 0 Å². The van der Waals surface area contributed by atoms with E-state index in [0.29, 0.717) is 6.04 Å². The van der Waals surface area contributed by atoms with E-state index in [0.717, 1.165) is 22.9 Å². The molecule has 0 aliphatic heterocycles. The van der Waals surface area contributed by atoms with Gasteiger partial charge in [-0.05, 0) is 55.8 Å². The second-order valence-electron chi connectivity index (χ2n) is 5.00. The maximum absolute atomic E-state index is 3.62. The van der Waals surface area contributed by atoms with Crippen molar-refractivity contribution >= 4 is 15.9 Å². The lowest BCUT2D eigenvalue weighted by Gasteiger charge is -2.17. The molecule has 2 atom stereocenters. The Morgan fingerprint density at radius 1 is 1.25 bits per heavy atom. The van der Waals surface area contributed by atoms with Gasteiger partial charge in [0.05, 0.1) is 0 Å². The van der Waals surface area contributed by atoms with E-state index in [4.69, 9.17) is 0 Å². The van der Waals surface area contributed by atoms with E-state index in [1.807, 2.05) is 0 Å². The van der Waals surface area contributed by atoms with Gasteiger partial charge >= 0.3 is 0 Å². The van der Waals surface area contributed by atoms with Crippen LogP contribution in [0.15, 0.2) is 28.7 Å². The van der Waals surface area contributed by atoms with Crippen LogP contribution in [0, 0.1) is 11.8 Å². The van der Waals surface area contributed by atoms with E-state index < -0.39 is 0 Å². The molecular weight excluding hydrogens is 262 g/mol. The van der Waals surface area contributed by atoms with Gasteiger partial charge in [-0.2, -0.15) is 0 Å². The molecule has 1 aromatic carbocycles. The van der Waals surface area contributed by atoms with E-state index in [1.54, 1.807) is 0 Å². The van der Waals surface area contributed by atoms with Crippen molar-refractivity contribution in [2.24, 2.45) is 11.8 Å². The molecular formula is C14H20BrN. The van der Waals surface area contributed by atoms with Crippen molar-refractivity contribution in [1.29, 1.82) is 0 Å². The molecule has 1 saturated carbocycles. The third-order valence-electron chi connectivity index (χ3n) is 3.54. The fourth-order valence-corrected chi connectivity index (χ4v) is 2.33. The Balaban J connectivity index is 1.82. The fourth-order valence-electron chi connectivity index (χ4n) is 2.06. The molecule has 0 saturated heterocycles. The second-order valence-corrected chi connectivity index (χ2v) is 5.91. The van der Waals surface area contributed by atoms with Gasteiger partial charge in [0.25, 0.3) is 0 Å². The summed E-state index contributed by atoms with van der Waals surface area (Å²) in [6.07, 6.45) is 2.88. The number of hydrogen-bond donors (Lipinski definition) is 1. The summed E-state index contributed by atoms with van der Waals surface area (Å²) in [6.45, 7) is 5.74. The summed E-state index contributed by atoms with van der Waals surface area (Å²) in [6, 6.07) is 9.04. The van der Waals surface area contributed by atoms with Crippen molar-refractivity contribution in [1.82, 2.24) is 5.32 Å². The van der Waals surface area contributed by atoms with Gasteiger partial charge in [-0.15, -0.1) is 0 Å². The Morgan fingerprint density at radius 3 is 2.44 bits per heavy atom. The smallest absolute Gasteiger partial charge is 0.0291 e. The SMILES string of the molecule is CC(NCC(C)C1CC1)c1ccc(Br)cc1. The van der Waals surface area contributed by atoms with Gasteiger partial charge in [0.15, 0.2) is 0 Å². The highest BCUT2D eigenvalue weighted by Crippen LogP contribution is 2.36. The quantitative estimate of drug-likeness (QED) is 0.855. The second kappa shape index (κ2) is 5.33. The standard InChI is InChI=1S/C14H20BrN/c1-10(12-3-4-12)9-16-11(2)13-5-7-14(15)8-6-13/h5-8,10-12,16H,3-4,9H2,1-2H3. The first-order chi connectivity index (χ1) is 7.66. The Hall–Kier alpha value is -0.340. The van der Waals surface area contributed by atoms with Crippen LogP contribution in [0.4, 0.5) is 0 Å². The van der Waals surface area contributed by atoms with Crippen molar-refractivity contribution in [2.75, 3.05) is 6.54 Å². The Morgan fingerprint density at radius 2 is 1.88 bits per heavy atom. The van der Waals surface area contributed by atoms with E-state index in [1.165, 1.54) is 18.4 Å². The zero-order chi connectivity index (χ0) is 11.5. The van der Waals surface area contributed by atoms with Crippen molar-refractivity contribution in [3.05, 3.63) is 34.3 Å².